The Hall–Kier alpha value is -2.18. The topological polar surface area (TPSA) is 61.6 Å². The highest BCUT2D eigenvalue weighted by molar-refractivity contribution is 5.76. The maximum absolute atomic E-state index is 12.2. The first kappa shape index (κ1) is 15.7. The molecule has 2 heterocycles. The van der Waals surface area contributed by atoms with Crippen molar-refractivity contribution in [3.63, 3.8) is 0 Å². The number of aromatic nitrogens is 2. The molecule has 6 nitrogen and oxygen atoms in total. The lowest BCUT2D eigenvalue weighted by Gasteiger charge is -2.34. The molecular weight excluding hydrogens is 292 g/mol. The van der Waals surface area contributed by atoms with Gasteiger partial charge in [0.05, 0.1) is 12.9 Å². The summed E-state index contributed by atoms with van der Waals surface area (Å²) in [5.74, 6) is 0.143. The van der Waals surface area contributed by atoms with E-state index in [2.05, 4.69) is 16.0 Å². The Bertz CT molecular complexity index is 634. The Labute approximate surface area is 136 Å². The molecule has 122 valence electrons. The van der Waals surface area contributed by atoms with Crippen LogP contribution in [0.4, 0.5) is 0 Å². The zero-order valence-corrected chi connectivity index (χ0v) is 13.1. The van der Waals surface area contributed by atoms with E-state index in [0.717, 1.165) is 38.3 Å². The van der Waals surface area contributed by atoms with Crippen LogP contribution in [0.15, 0.2) is 43.0 Å². The summed E-state index contributed by atoms with van der Waals surface area (Å²) in [5, 5.41) is 9.21. The van der Waals surface area contributed by atoms with Gasteiger partial charge in [0.25, 0.3) is 0 Å². The van der Waals surface area contributed by atoms with Gasteiger partial charge in [0, 0.05) is 45.1 Å². The van der Waals surface area contributed by atoms with Gasteiger partial charge in [0.1, 0.15) is 6.54 Å². The third-order valence-electron chi connectivity index (χ3n) is 4.18. The first-order valence-electron chi connectivity index (χ1n) is 7.89. The van der Waals surface area contributed by atoms with Crippen molar-refractivity contribution in [2.24, 2.45) is 0 Å². The van der Waals surface area contributed by atoms with Gasteiger partial charge in [-0.3, -0.25) is 9.69 Å². The lowest BCUT2D eigenvalue weighted by atomic mass is 10.1. The van der Waals surface area contributed by atoms with Crippen molar-refractivity contribution in [3.05, 3.63) is 54.1 Å². The molecule has 2 aromatic rings. The van der Waals surface area contributed by atoms with Gasteiger partial charge in [0.15, 0.2) is 0 Å². The minimum atomic E-state index is 0.0738. The van der Waals surface area contributed by atoms with Gasteiger partial charge in [-0.2, -0.15) is 0 Å². The lowest BCUT2D eigenvalue weighted by molar-refractivity contribution is -0.133. The number of carbonyl (C=O) groups excluding carboxylic acids is 1. The molecule has 1 amide bonds. The van der Waals surface area contributed by atoms with Crippen LogP contribution in [0, 0.1) is 0 Å². The fourth-order valence-corrected chi connectivity index (χ4v) is 2.88. The fraction of sp³-hybridized carbons (Fsp3) is 0.412. The number of hydrogen-bond donors (Lipinski definition) is 1. The van der Waals surface area contributed by atoms with E-state index >= 15 is 0 Å². The smallest absolute Gasteiger partial charge is 0.242 e. The molecule has 1 fully saturated rings. The van der Waals surface area contributed by atoms with Gasteiger partial charge in [0.2, 0.25) is 5.91 Å². The molecule has 0 bridgehead atoms. The van der Waals surface area contributed by atoms with Crippen LogP contribution in [-0.2, 0) is 24.5 Å². The fourth-order valence-electron chi connectivity index (χ4n) is 2.88. The first-order valence-corrected chi connectivity index (χ1v) is 7.89. The maximum atomic E-state index is 12.2. The molecule has 1 N–H and O–H groups in total. The second kappa shape index (κ2) is 7.39. The average molecular weight is 314 g/mol. The van der Waals surface area contributed by atoms with E-state index < -0.39 is 0 Å². The van der Waals surface area contributed by atoms with Crippen molar-refractivity contribution in [1.29, 1.82) is 0 Å². The van der Waals surface area contributed by atoms with E-state index in [9.17, 15) is 9.90 Å². The highest BCUT2D eigenvalue weighted by Crippen LogP contribution is 2.11. The Kier molecular flexibility index (Phi) is 5.05. The Morgan fingerprint density at radius 3 is 2.65 bits per heavy atom. The highest BCUT2D eigenvalue weighted by atomic mass is 16.3. The summed E-state index contributed by atoms with van der Waals surface area (Å²) in [7, 11) is 0. The number of piperazine rings is 1. The Balaban J connectivity index is 1.49. The number of imidazole rings is 1. The third-order valence-corrected chi connectivity index (χ3v) is 4.18. The summed E-state index contributed by atoms with van der Waals surface area (Å²) in [4.78, 5) is 20.5. The van der Waals surface area contributed by atoms with E-state index in [1.165, 1.54) is 5.56 Å². The summed E-state index contributed by atoms with van der Waals surface area (Å²) in [6.45, 7) is 4.55. The highest BCUT2D eigenvalue weighted by Gasteiger charge is 2.21. The van der Waals surface area contributed by atoms with Gasteiger partial charge >= 0.3 is 0 Å². The summed E-state index contributed by atoms with van der Waals surface area (Å²) < 4.78 is 1.80. The summed E-state index contributed by atoms with van der Waals surface area (Å²) >= 11 is 0. The molecule has 0 atom stereocenters. The van der Waals surface area contributed by atoms with Crippen LogP contribution in [-0.4, -0.2) is 56.5 Å². The zero-order valence-electron chi connectivity index (χ0n) is 13.1. The SMILES string of the molecule is O=C(Cn1ccnc1)N1CCN(Cc2cccc(CO)c2)CC1. The van der Waals surface area contributed by atoms with Crippen LogP contribution in [0.2, 0.25) is 0 Å². The molecule has 1 aliphatic heterocycles. The van der Waals surface area contributed by atoms with E-state index in [1.807, 2.05) is 29.3 Å². The normalized spacial score (nSPS) is 15.8. The molecule has 1 saturated heterocycles. The molecule has 0 unspecified atom stereocenters. The van der Waals surface area contributed by atoms with Crippen molar-refractivity contribution >= 4 is 5.91 Å². The number of hydrogen-bond acceptors (Lipinski definition) is 4. The number of nitrogens with zero attached hydrogens (tertiary/aromatic N) is 4. The van der Waals surface area contributed by atoms with Crippen molar-refractivity contribution in [3.8, 4) is 0 Å². The first-order chi connectivity index (χ1) is 11.2. The third kappa shape index (κ3) is 4.18. The molecule has 1 aromatic carbocycles. The van der Waals surface area contributed by atoms with Crippen LogP contribution < -0.4 is 0 Å². The quantitative estimate of drug-likeness (QED) is 0.883. The van der Waals surface area contributed by atoms with Gasteiger partial charge in [-0.15, -0.1) is 0 Å². The van der Waals surface area contributed by atoms with Gasteiger partial charge < -0.3 is 14.6 Å². The van der Waals surface area contributed by atoms with Gasteiger partial charge in [-0.05, 0) is 11.1 Å². The predicted molar refractivity (Wildman–Crippen MR) is 86.4 cm³/mol. The van der Waals surface area contributed by atoms with Crippen molar-refractivity contribution in [1.82, 2.24) is 19.4 Å². The number of aliphatic hydroxyl groups is 1. The predicted octanol–water partition coefficient (Wildman–Crippen LogP) is 0.720. The van der Waals surface area contributed by atoms with Gasteiger partial charge in [-0.25, -0.2) is 4.98 Å². The van der Waals surface area contributed by atoms with Crippen molar-refractivity contribution < 1.29 is 9.90 Å². The Morgan fingerprint density at radius 1 is 1.17 bits per heavy atom. The summed E-state index contributed by atoms with van der Waals surface area (Å²) in [6, 6.07) is 8.02. The van der Waals surface area contributed by atoms with E-state index in [-0.39, 0.29) is 12.5 Å². The second-order valence-corrected chi connectivity index (χ2v) is 5.87. The van der Waals surface area contributed by atoms with Crippen LogP contribution in [0.5, 0.6) is 0 Å². The summed E-state index contributed by atoms with van der Waals surface area (Å²) in [6.07, 6.45) is 5.16. The van der Waals surface area contributed by atoms with Crippen molar-refractivity contribution in [2.75, 3.05) is 26.2 Å². The van der Waals surface area contributed by atoms with E-state index in [0.29, 0.717) is 6.54 Å². The van der Waals surface area contributed by atoms with Crippen LogP contribution in [0.1, 0.15) is 11.1 Å². The maximum Gasteiger partial charge on any atom is 0.242 e. The number of benzene rings is 1. The Morgan fingerprint density at radius 2 is 1.96 bits per heavy atom. The monoisotopic (exact) mass is 314 g/mol. The van der Waals surface area contributed by atoms with Crippen LogP contribution in [0.25, 0.3) is 0 Å². The van der Waals surface area contributed by atoms with Crippen LogP contribution in [0.3, 0.4) is 0 Å². The molecule has 6 heteroatoms. The summed E-state index contributed by atoms with van der Waals surface area (Å²) in [5.41, 5.74) is 2.14. The molecule has 0 aliphatic carbocycles. The average Bonchev–Trinajstić information content (AvgIpc) is 3.08. The van der Waals surface area contributed by atoms with E-state index in [1.54, 1.807) is 17.1 Å². The second-order valence-electron chi connectivity index (χ2n) is 5.87. The number of rotatable bonds is 5. The minimum Gasteiger partial charge on any atom is -0.392 e. The molecule has 3 rings (SSSR count). The molecule has 23 heavy (non-hydrogen) atoms. The van der Waals surface area contributed by atoms with E-state index in [4.69, 9.17) is 0 Å². The van der Waals surface area contributed by atoms with Crippen LogP contribution >= 0.6 is 0 Å². The molecule has 0 radical (unpaired) electrons. The zero-order chi connectivity index (χ0) is 16.1. The number of aliphatic hydroxyl groups excluding tert-OH is 1. The standard InChI is InChI=1S/C17H22N4O2/c22-13-16-3-1-2-15(10-16)11-19-6-8-21(9-7-19)17(23)12-20-5-4-18-14-20/h1-5,10,14,22H,6-9,11-13H2. The molecule has 0 spiro atoms. The van der Waals surface area contributed by atoms with Gasteiger partial charge in [-0.1, -0.05) is 24.3 Å². The molecule has 1 aliphatic rings. The largest absolute Gasteiger partial charge is 0.392 e. The number of carbonyl (C=O) groups is 1. The van der Waals surface area contributed by atoms with Crippen molar-refractivity contribution in [2.45, 2.75) is 19.7 Å². The number of amides is 1. The lowest BCUT2D eigenvalue weighted by Crippen LogP contribution is -2.49. The minimum absolute atomic E-state index is 0.0738. The molecule has 0 saturated carbocycles. The molecular formula is C17H22N4O2. The molecule has 1 aromatic heterocycles.